The van der Waals surface area contributed by atoms with Crippen molar-refractivity contribution in [2.24, 2.45) is 40.4 Å². The molecule has 4 aliphatic carbocycles. The number of hydrogen-bond acceptors (Lipinski definition) is 6. The number of fused-ring (bicyclic) bond motifs is 6. The lowest BCUT2D eigenvalue weighted by Crippen LogP contribution is -2.50. The number of rotatable bonds is 11. The van der Waals surface area contributed by atoms with Gasteiger partial charge in [-0.25, -0.2) is 12.4 Å². The molecule has 3 aromatic rings. The number of aliphatic hydroxyl groups is 1. The second-order valence-electron chi connectivity index (χ2n) is 16.4. The molecule has 7 rings (SSSR count). The second-order valence-corrected chi connectivity index (χ2v) is 19.0. The third kappa shape index (κ3) is 6.27. The average Bonchev–Trinajstić information content (AvgIpc) is 3.82. The van der Waals surface area contributed by atoms with E-state index in [1.165, 1.54) is 46.6 Å². The summed E-state index contributed by atoms with van der Waals surface area (Å²) < 4.78 is 28.2. The first-order valence-electron chi connectivity index (χ1n) is 18.6. The molecule has 1 aromatic carbocycles. The van der Waals surface area contributed by atoms with Crippen LogP contribution >= 0.6 is 11.3 Å². The first kappa shape index (κ1) is 35.5. The van der Waals surface area contributed by atoms with Crippen LogP contribution in [0.4, 0.5) is 0 Å². The standard InChI is InChI=1S/C40H52N2O6S2/c1-25(33-11-12-34-32-10-9-27-21-29(43)14-17-39(27,2)35(32)15-18-40(33,34)3)8-13-37(44)41-28(22-38(45)46)20-26-23-42(36-7-5-4-6-31(26)36)50(47,48)30-16-19-49-24-30/h4-7,9,16,19,23-25,28-29,32-35,43H,8,10-15,17-18,20-22H2,1-3H3,(H,41,44)(H,45,46)/t25-,28+,29+,32+,33-,34+,35+,39+,40-/m1/s1. The van der Waals surface area contributed by atoms with Gasteiger partial charge in [-0.1, -0.05) is 50.6 Å². The summed E-state index contributed by atoms with van der Waals surface area (Å²) in [5, 5.41) is 27.2. The van der Waals surface area contributed by atoms with Crippen LogP contribution in [0.2, 0.25) is 0 Å². The first-order valence-corrected chi connectivity index (χ1v) is 20.9. The van der Waals surface area contributed by atoms with Gasteiger partial charge in [0, 0.05) is 29.4 Å². The van der Waals surface area contributed by atoms with Gasteiger partial charge in [0.15, 0.2) is 0 Å². The molecule has 3 N–H and O–H groups in total. The number of carbonyl (C=O) groups excluding carboxylic acids is 1. The van der Waals surface area contributed by atoms with Gasteiger partial charge in [-0.2, -0.15) is 11.3 Å². The van der Waals surface area contributed by atoms with Gasteiger partial charge in [-0.15, -0.1) is 0 Å². The summed E-state index contributed by atoms with van der Waals surface area (Å²) in [7, 11) is -3.83. The number of thiophene rings is 1. The zero-order chi connectivity index (χ0) is 35.4. The van der Waals surface area contributed by atoms with Crippen LogP contribution in [-0.4, -0.2) is 46.6 Å². The maximum Gasteiger partial charge on any atom is 0.305 e. The Balaban J connectivity index is 1.01. The van der Waals surface area contributed by atoms with Crippen molar-refractivity contribution in [3.05, 3.63) is 64.5 Å². The van der Waals surface area contributed by atoms with Crippen molar-refractivity contribution < 1.29 is 28.2 Å². The Labute approximate surface area is 300 Å². The van der Waals surface area contributed by atoms with Crippen LogP contribution in [0, 0.1) is 40.4 Å². The molecular formula is C40H52N2O6S2. The molecule has 50 heavy (non-hydrogen) atoms. The van der Waals surface area contributed by atoms with Crippen molar-refractivity contribution >= 4 is 44.1 Å². The van der Waals surface area contributed by atoms with Crippen LogP contribution in [0.5, 0.6) is 0 Å². The van der Waals surface area contributed by atoms with E-state index in [1.54, 1.807) is 35.2 Å². The van der Waals surface area contributed by atoms with Crippen LogP contribution in [0.3, 0.4) is 0 Å². The number of aliphatic carboxylic acids is 1. The molecular weight excluding hydrogens is 669 g/mol. The third-order valence-corrected chi connectivity index (χ3v) is 16.2. The van der Waals surface area contributed by atoms with E-state index in [0.717, 1.165) is 37.5 Å². The highest BCUT2D eigenvalue weighted by Crippen LogP contribution is 2.67. The van der Waals surface area contributed by atoms with E-state index < -0.39 is 22.0 Å². The van der Waals surface area contributed by atoms with Gasteiger partial charge in [0.25, 0.3) is 10.0 Å². The van der Waals surface area contributed by atoms with Gasteiger partial charge in [0.1, 0.15) is 0 Å². The minimum absolute atomic E-state index is 0.154. The Morgan fingerprint density at radius 1 is 1.08 bits per heavy atom. The lowest BCUT2D eigenvalue weighted by atomic mass is 9.47. The van der Waals surface area contributed by atoms with E-state index in [9.17, 15) is 28.2 Å². The molecule has 270 valence electrons. The van der Waals surface area contributed by atoms with E-state index in [1.807, 2.05) is 12.1 Å². The topological polar surface area (TPSA) is 126 Å². The zero-order valence-corrected chi connectivity index (χ0v) is 31.1. The molecule has 2 heterocycles. The van der Waals surface area contributed by atoms with Crippen molar-refractivity contribution in [1.82, 2.24) is 9.29 Å². The summed E-state index contributed by atoms with van der Waals surface area (Å²) in [6.07, 6.45) is 13.8. The molecule has 8 nitrogen and oxygen atoms in total. The molecule has 0 saturated heterocycles. The van der Waals surface area contributed by atoms with Crippen molar-refractivity contribution in [2.75, 3.05) is 0 Å². The molecule has 9 atom stereocenters. The Kier molecular flexibility index (Phi) is 9.61. The number of carboxylic acids is 1. The van der Waals surface area contributed by atoms with Crippen LogP contribution in [-0.2, 0) is 26.0 Å². The summed E-state index contributed by atoms with van der Waals surface area (Å²) in [6.45, 7) is 7.30. The van der Waals surface area contributed by atoms with Gasteiger partial charge in [-0.05, 0) is 128 Å². The highest BCUT2D eigenvalue weighted by Gasteiger charge is 2.59. The number of nitrogens with zero attached hydrogens (tertiary/aromatic N) is 1. The lowest BCUT2D eigenvalue weighted by molar-refractivity contribution is -0.137. The molecule has 10 heteroatoms. The van der Waals surface area contributed by atoms with Crippen molar-refractivity contribution in [3.8, 4) is 0 Å². The largest absolute Gasteiger partial charge is 0.481 e. The van der Waals surface area contributed by atoms with Gasteiger partial charge in [0.05, 0.1) is 22.9 Å². The predicted molar refractivity (Wildman–Crippen MR) is 196 cm³/mol. The summed E-state index contributed by atoms with van der Waals surface area (Å²) in [6, 6.07) is 8.12. The van der Waals surface area contributed by atoms with Crippen LogP contribution < -0.4 is 5.32 Å². The monoisotopic (exact) mass is 720 g/mol. The summed E-state index contributed by atoms with van der Waals surface area (Å²) >= 11 is 1.31. The van der Waals surface area contributed by atoms with Crippen molar-refractivity contribution in [3.63, 3.8) is 0 Å². The number of aromatic nitrogens is 1. The van der Waals surface area contributed by atoms with Crippen LogP contribution in [0.1, 0.15) is 97.0 Å². The maximum absolute atomic E-state index is 13.5. The number of benzene rings is 1. The molecule has 0 aliphatic heterocycles. The maximum atomic E-state index is 13.5. The highest BCUT2D eigenvalue weighted by molar-refractivity contribution is 7.90. The number of amides is 1. The van der Waals surface area contributed by atoms with E-state index in [0.29, 0.717) is 47.1 Å². The summed E-state index contributed by atoms with van der Waals surface area (Å²) in [4.78, 5) is 25.6. The summed E-state index contributed by atoms with van der Waals surface area (Å²) in [5.41, 5.74) is 3.20. The number of nitrogens with one attached hydrogen (secondary N) is 1. The van der Waals surface area contributed by atoms with Gasteiger partial charge >= 0.3 is 5.97 Å². The summed E-state index contributed by atoms with van der Waals surface area (Å²) in [5.74, 6) is 1.85. The van der Waals surface area contributed by atoms with Gasteiger partial charge < -0.3 is 15.5 Å². The molecule has 0 unspecified atom stereocenters. The van der Waals surface area contributed by atoms with E-state index in [-0.39, 0.29) is 40.6 Å². The number of hydrogen-bond donors (Lipinski definition) is 3. The number of carboxylic acid groups (broad SMARTS) is 1. The minimum Gasteiger partial charge on any atom is -0.481 e. The number of allylic oxidation sites excluding steroid dienone is 1. The van der Waals surface area contributed by atoms with Gasteiger partial charge in [-0.3, -0.25) is 9.59 Å². The Bertz CT molecular complexity index is 1880. The van der Waals surface area contributed by atoms with E-state index in [2.05, 4.69) is 32.2 Å². The SMILES string of the molecule is C[C@H](CCC(=O)N[C@H](CC(=O)O)Cc1cn(S(=O)(=O)c2ccsc2)c2ccccc12)[C@H]1CC[C@H]2[C@@H]3CC=C4C[C@@H](O)CC[C@]4(C)[C@H]3CC[C@]12C. The third-order valence-electron chi connectivity index (χ3n) is 13.7. The fraction of sp³-hybridized carbons (Fsp3) is 0.600. The fourth-order valence-corrected chi connectivity index (χ4v) is 13.6. The zero-order valence-electron chi connectivity index (χ0n) is 29.5. The van der Waals surface area contributed by atoms with Crippen molar-refractivity contribution in [1.29, 1.82) is 0 Å². The fourth-order valence-electron chi connectivity index (χ4n) is 11.2. The van der Waals surface area contributed by atoms with Crippen LogP contribution in [0.25, 0.3) is 10.9 Å². The predicted octanol–water partition coefficient (Wildman–Crippen LogP) is 7.80. The molecule has 0 bridgehead atoms. The molecule has 0 radical (unpaired) electrons. The molecule has 3 saturated carbocycles. The Morgan fingerprint density at radius 2 is 1.88 bits per heavy atom. The second kappa shape index (κ2) is 13.6. The van der Waals surface area contributed by atoms with Crippen LogP contribution in [0.15, 0.2) is 63.8 Å². The normalized spacial score (nSPS) is 32.0. The smallest absolute Gasteiger partial charge is 0.305 e. The highest BCUT2D eigenvalue weighted by atomic mass is 32.2. The van der Waals surface area contributed by atoms with E-state index >= 15 is 0 Å². The number of carbonyl (C=O) groups is 2. The average molecular weight is 721 g/mol. The van der Waals surface area contributed by atoms with Crippen molar-refractivity contribution in [2.45, 2.75) is 115 Å². The van der Waals surface area contributed by atoms with Gasteiger partial charge in [0.2, 0.25) is 5.91 Å². The lowest BCUT2D eigenvalue weighted by Gasteiger charge is -2.58. The molecule has 0 spiro atoms. The first-order chi connectivity index (χ1) is 23.8. The number of para-hydroxylation sites is 1. The Morgan fingerprint density at radius 3 is 2.64 bits per heavy atom. The van der Waals surface area contributed by atoms with E-state index in [4.69, 9.17) is 0 Å². The molecule has 3 fully saturated rings. The molecule has 4 aliphatic rings. The number of aliphatic hydroxyl groups excluding tert-OH is 1. The Hall–Kier alpha value is -2.95. The minimum atomic E-state index is -3.83. The quantitative estimate of drug-likeness (QED) is 0.174. The molecule has 1 amide bonds. The molecule has 2 aromatic heterocycles.